The van der Waals surface area contributed by atoms with Crippen LogP contribution < -0.4 is 10.2 Å². The van der Waals surface area contributed by atoms with Crippen molar-refractivity contribution in [2.24, 2.45) is 0 Å². The third-order valence-electron chi connectivity index (χ3n) is 3.63. The van der Waals surface area contributed by atoms with Crippen LogP contribution in [0.15, 0.2) is 70.7 Å². The topological polar surface area (TPSA) is 62.6 Å². The van der Waals surface area contributed by atoms with E-state index in [-0.39, 0.29) is 24.8 Å². The molecule has 6 heteroatoms. The van der Waals surface area contributed by atoms with E-state index in [0.717, 1.165) is 5.69 Å². The molecule has 1 N–H and O–H groups in total. The fraction of sp³-hybridized carbons (Fsp3) is 0.158. The molecule has 0 bridgehead atoms. The van der Waals surface area contributed by atoms with Crippen molar-refractivity contribution in [3.63, 3.8) is 0 Å². The van der Waals surface area contributed by atoms with E-state index in [1.54, 1.807) is 23.3 Å². The van der Waals surface area contributed by atoms with Crippen LogP contribution in [-0.2, 0) is 11.3 Å². The fourth-order valence-corrected chi connectivity index (χ4v) is 3.04. The summed E-state index contributed by atoms with van der Waals surface area (Å²) in [6.07, 6.45) is 1.80. The van der Waals surface area contributed by atoms with Gasteiger partial charge in [-0.05, 0) is 35.7 Å². The number of carbonyl (C=O) groups excluding carboxylic acids is 2. The third-order valence-corrected chi connectivity index (χ3v) is 4.50. The summed E-state index contributed by atoms with van der Waals surface area (Å²) in [6.45, 7) is 0.645. The second kappa shape index (κ2) is 8.30. The molecule has 128 valence electrons. The first-order valence-electron chi connectivity index (χ1n) is 7.93. The Morgan fingerprint density at radius 2 is 1.88 bits per heavy atom. The molecule has 3 aromatic rings. The summed E-state index contributed by atoms with van der Waals surface area (Å²) < 4.78 is 5.37. The Morgan fingerprint density at radius 1 is 1.04 bits per heavy atom. The summed E-state index contributed by atoms with van der Waals surface area (Å²) in [5, 5.41) is 4.63. The summed E-state index contributed by atoms with van der Waals surface area (Å²) in [4.78, 5) is 26.9. The summed E-state index contributed by atoms with van der Waals surface area (Å²) in [7, 11) is 0. The van der Waals surface area contributed by atoms with Crippen LogP contribution >= 0.6 is 11.3 Å². The van der Waals surface area contributed by atoms with Gasteiger partial charge in [-0.2, -0.15) is 0 Å². The number of rotatable bonds is 7. The molecule has 2 amide bonds. The lowest BCUT2D eigenvalue weighted by Gasteiger charge is -2.22. The molecule has 2 heterocycles. The molecular formula is C19H18N2O3S. The summed E-state index contributed by atoms with van der Waals surface area (Å²) >= 11 is 1.38. The average molecular weight is 354 g/mol. The van der Waals surface area contributed by atoms with Crippen LogP contribution in [0.2, 0.25) is 0 Å². The normalized spacial score (nSPS) is 10.4. The van der Waals surface area contributed by atoms with E-state index in [2.05, 4.69) is 5.32 Å². The molecule has 25 heavy (non-hydrogen) atoms. The maximum Gasteiger partial charge on any atom is 0.261 e. The van der Waals surface area contributed by atoms with Crippen molar-refractivity contribution in [3.8, 4) is 0 Å². The SMILES string of the molecule is O=C(NCCC(=O)N(Cc1ccco1)c1ccccc1)c1cccs1. The van der Waals surface area contributed by atoms with Gasteiger partial charge in [-0.3, -0.25) is 9.59 Å². The number of hydrogen-bond donors (Lipinski definition) is 1. The number of carbonyl (C=O) groups is 2. The highest BCUT2D eigenvalue weighted by Crippen LogP contribution is 2.18. The van der Waals surface area contributed by atoms with Crippen LogP contribution in [0.5, 0.6) is 0 Å². The van der Waals surface area contributed by atoms with Gasteiger partial charge in [0.1, 0.15) is 5.76 Å². The van der Waals surface area contributed by atoms with E-state index < -0.39 is 0 Å². The Balaban J connectivity index is 1.62. The van der Waals surface area contributed by atoms with Crippen LogP contribution in [0.25, 0.3) is 0 Å². The van der Waals surface area contributed by atoms with Crippen LogP contribution in [0.1, 0.15) is 21.9 Å². The molecular weight excluding hydrogens is 336 g/mol. The number of para-hydroxylation sites is 1. The van der Waals surface area contributed by atoms with E-state index in [9.17, 15) is 9.59 Å². The van der Waals surface area contributed by atoms with Crippen LogP contribution in [0.4, 0.5) is 5.69 Å². The number of anilines is 1. The molecule has 0 radical (unpaired) electrons. The molecule has 0 aliphatic rings. The van der Waals surface area contributed by atoms with Gasteiger partial charge < -0.3 is 14.6 Å². The first-order chi connectivity index (χ1) is 12.2. The number of amides is 2. The molecule has 0 saturated carbocycles. The van der Waals surface area contributed by atoms with E-state index in [4.69, 9.17) is 4.42 Å². The van der Waals surface area contributed by atoms with Gasteiger partial charge in [-0.15, -0.1) is 11.3 Å². The van der Waals surface area contributed by atoms with Gasteiger partial charge in [-0.25, -0.2) is 0 Å². The summed E-state index contributed by atoms with van der Waals surface area (Å²) in [5.41, 5.74) is 0.800. The average Bonchev–Trinajstić information content (AvgIpc) is 3.34. The zero-order chi connectivity index (χ0) is 17.5. The minimum atomic E-state index is -0.153. The predicted molar refractivity (Wildman–Crippen MR) is 97.6 cm³/mol. The minimum absolute atomic E-state index is 0.0749. The Hall–Kier alpha value is -2.86. The standard InChI is InChI=1S/C19H18N2O3S/c22-18(10-11-20-19(23)17-9-5-13-25-17)21(14-16-8-4-12-24-16)15-6-2-1-3-7-15/h1-9,12-13H,10-11,14H2,(H,20,23). The molecule has 0 spiro atoms. The lowest BCUT2D eigenvalue weighted by atomic mass is 10.2. The number of nitrogens with one attached hydrogen (secondary N) is 1. The molecule has 0 aliphatic carbocycles. The van der Waals surface area contributed by atoms with Gasteiger partial charge in [0.2, 0.25) is 5.91 Å². The fourth-order valence-electron chi connectivity index (χ4n) is 2.40. The van der Waals surface area contributed by atoms with Gasteiger partial charge >= 0.3 is 0 Å². The van der Waals surface area contributed by atoms with Crippen molar-refractivity contribution >= 4 is 28.8 Å². The van der Waals surface area contributed by atoms with Crippen molar-refractivity contribution in [1.29, 1.82) is 0 Å². The number of hydrogen-bond acceptors (Lipinski definition) is 4. The van der Waals surface area contributed by atoms with Gasteiger partial charge in [0.25, 0.3) is 5.91 Å². The molecule has 1 aromatic carbocycles. The van der Waals surface area contributed by atoms with Gasteiger partial charge in [-0.1, -0.05) is 24.3 Å². The van der Waals surface area contributed by atoms with E-state index >= 15 is 0 Å². The predicted octanol–water partition coefficient (Wildman–Crippen LogP) is 3.69. The quantitative estimate of drug-likeness (QED) is 0.704. The second-order valence-electron chi connectivity index (χ2n) is 5.38. The van der Waals surface area contributed by atoms with Crippen molar-refractivity contribution < 1.29 is 14.0 Å². The summed E-state index contributed by atoms with van der Waals surface area (Å²) in [6, 6.07) is 16.6. The van der Waals surface area contributed by atoms with Crippen molar-refractivity contribution in [2.75, 3.05) is 11.4 Å². The Kier molecular flexibility index (Phi) is 5.64. The second-order valence-corrected chi connectivity index (χ2v) is 6.33. The van der Waals surface area contributed by atoms with Crippen molar-refractivity contribution in [2.45, 2.75) is 13.0 Å². The van der Waals surface area contributed by atoms with Crippen molar-refractivity contribution in [3.05, 3.63) is 76.9 Å². The molecule has 5 nitrogen and oxygen atoms in total. The van der Waals surface area contributed by atoms with Gasteiger partial charge in [0, 0.05) is 18.7 Å². The number of thiophene rings is 1. The highest BCUT2D eigenvalue weighted by molar-refractivity contribution is 7.12. The maximum atomic E-state index is 12.7. The largest absolute Gasteiger partial charge is 0.467 e. The van der Waals surface area contributed by atoms with Gasteiger partial charge in [0.15, 0.2) is 0 Å². The smallest absolute Gasteiger partial charge is 0.261 e. The molecule has 3 rings (SSSR count). The molecule has 0 fully saturated rings. The summed E-state index contributed by atoms with van der Waals surface area (Å²) in [5.74, 6) is 0.481. The lowest BCUT2D eigenvalue weighted by Crippen LogP contribution is -2.34. The maximum absolute atomic E-state index is 12.7. The molecule has 0 saturated heterocycles. The zero-order valence-corrected chi connectivity index (χ0v) is 14.4. The van der Waals surface area contributed by atoms with Crippen LogP contribution in [0, 0.1) is 0 Å². The van der Waals surface area contributed by atoms with Crippen LogP contribution in [-0.4, -0.2) is 18.4 Å². The minimum Gasteiger partial charge on any atom is -0.467 e. The van der Waals surface area contributed by atoms with Gasteiger partial charge in [0.05, 0.1) is 17.7 Å². The zero-order valence-electron chi connectivity index (χ0n) is 13.6. The number of furan rings is 1. The molecule has 0 atom stereocenters. The van der Waals surface area contributed by atoms with E-state index in [0.29, 0.717) is 17.2 Å². The van der Waals surface area contributed by atoms with Crippen molar-refractivity contribution in [1.82, 2.24) is 5.32 Å². The van der Waals surface area contributed by atoms with E-state index in [1.807, 2.05) is 47.8 Å². The number of nitrogens with zero attached hydrogens (tertiary/aromatic N) is 1. The monoisotopic (exact) mass is 354 g/mol. The molecule has 2 aromatic heterocycles. The first-order valence-corrected chi connectivity index (χ1v) is 8.81. The lowest BCUT2D eigenvalue weighted by molar-refractivity contribution is -0.118. The number of benzene rings is 1. The first kappa shape index (κ1) is 17.0. The van der Waals surface area contributed by atoms with E-state index in [1.165, 1.54) is 11.3 Å². The Morgan fingerprint density at radius 3 is 2.56 bits per heavy atom. The highest BCUT2D eigenvalue weighted by Gasteiger charge is 2.17. The molecule has 0 unspecified atom stereocenters. The molecule has 0 aliphatic heterocycles. The van der Waals surface area contributed by atoms with Crippen LogP contribution in [0.3, 0.4) is 0 Å². The Bertz CT molecular complexity index is 799. The highest BCUT2D eigenvalue weighted by atomic mass is 32.1. The third kappa shape index (κ3) is 4.58. The Labute approximate surface area is 149 Å².